The van der Waals surface area contributed by atoms with Crippen molar-refractivity contribution in [2.24, 2.45) is 0 Å². The molecule has 2 rings (SSSR count). The summed E-state index contributed by atoms with van der Waals surface area (Å²) in [6, 6.07) is 6.74. The smallest absolute Gasteiger partial charge is 0.185 e. The highest BCUT2D eigenvalue weighted by Crippen LogP contribution is 2.29. The maximum Gasteiger partial charge on any atom is 0.185 e. The zero-order valence-electron chi connectivity index (χ0n) is 9.41. The average molecular weight is 264 g/mol. The zero-order valence-corrected chi connectivity index (χ0v) is 10.2. The molecule has 0 atom stereocenters. The maximum atomic E-state index is 9.78. The van der Waals surface area contributed by atoms with E-state index in [0.29, 0.717) is 35.8 Å². The quantitative estimate of drug-likeness (QED) is 0.853. The zero-order chi connectivity index (χ0) is 13.0. The highest BCUT2D eigenvalue weighted by Gasteiger charge is 2.13. The Bertz CT molecular complexity index is 589. The van der Waals surface area contributed by atoms with Crippen molar-refractivity contribution in [1.29, 1.82) is 5.26 Å². The van der Waals surface area contributed by atoms with Crippen LogP contribution >= 0.6 is 11.6 Å². The molecular formula is C11H10ClN5O. The lowest BCUT2D eigenvalue weighted by Gasteiger charge is -2.05. The lowest BCUT2D eigenvalue weighted by atomic mass is 10.2. The van der Waals surface area contributed by atoms with E-state index < -0.39 is 0 Å². The van der Waals surface area contributed by atoms with Crippen molar-refractivity contribution in [3.8, 4) is 23.2 Å². The Balaban J connectivity index is 2.31. The minimum absolute atomic E-state index is 0.0655. The Hall–Kier alpha value is -2.13. The van der Waals surface area contributed by atoms with Gasteiger partial charge >= 0.3 is 0 Å². The molecule has 1 heterocycles. The lowest BCUT2D eigenvalue weighted by molar-refractivity contribution is 0.475. The van der Waals surface area contributed by atoms with E-state index in [1.165, 1.54) is 6.07 Å². The van der Waals surface area contributed by atoms with Crippen LogP contribution in [0.5, 0.6) is 5.75 Å². The van der Waals surface area contributed by atoms with Crippen LogP contribution < -0.4 is 0 Å². The van der Waals surface area contributed by atoms with Gasteiger partial charge in [-0.05, 0) is 35.0 Å². The summed E-state index contributed by atoms with van der Waals surface area (Å²) in [5.41, 5.74) is 0.476. The monoisotopic (exact) mass is 263 g/mol. The second kappa shape index (κ2) is 5.47. The molecule has 0 bridgehead atoms. The number of tetrazole rings is 1. The van der Waals surface area contributed by atoms with Crippen LogP contribution in [-0.4, -0.2) is 25.3 Å². The van der Waals surface area contributed by atoms with Gasteiger partial charge in [0.15, 0.2) is 5.82 Å². The number of unbranched alkanes of at least 4 members (excludes halogenated alkanes) is 1. The van der Waals surface area contributed by atoms with Crippen LogP contribution in [0.3, 0.4) is 0 Å². The number of halogens is 1. The van der Waals surface area contributed by atoms with Gasteiger partial charge in [-0.25, -0.2) is 4.68 Å². The molecule has 0 aliphatic rings. The molecule has 0 radical (unpaired) electrons. The number of nitrogens with zero attached hydrogens (tertiary/aromatic N) is 5. The molecule has 7 heteroatoms. The summed E-state index contributed by atoms with van der Waals surface area (Å²) in [4.78, 5) is 0. The van der Waals surface area contributed by atoms with Crippen molar-refractivity contribution < 1.29 is 5.11 Å². The van der Waals surface area contributed by atoms with Crippen molar-refractivity contribution in [2.45, 2.75) is 19.4 Å². The van der Waals surface area contributed by atoms with Gasteiger partial charge in [-0.2, -0.15) is 5.26 Å². The Morgan fingerprint density at radius 3 is 3.06 bits per heavy atom. The summed E-state index contributed by atoms with van der Waals surface area (Å²) in [5.74, 6) is 0.503. The number of aromatic hydroxyl groups is 1. The van der Waals surface area contributed by atoms with Gasteiger partial charge in [0.25, 0.3) is 0 Å². The molecule has 0 unspecified atom stereocenters. The molecule has 6 nitrogen and oxygen atoms in total. The third kappa shape index (κ3) is 2.57. The standard InChI is InChI=1S/C11H10ClN5O/c12-8-3-4-10(18)9(7-8)11-14-15-16-17(11)6-2-1-5-13/h3-4,7,18H,1-2,6H2. The number of phenolic OH excluding ortho intramolecular Hbond substituents is 1. The largest absolute Gasteiger partial charge is 0.507 e. The van der Waals surface area contributed by atoms with Crippen molar-refractivity contribution >= 4 is 11.6 Å². The highest BCUT2D eigenvalue weighted by molar-refractivity contribution is 6.30. The molecule has 0 saturated heterocycles. The molecule has 1 N–H and O–H groups in total. The summed E-state index contributed by atoms with van der Waals surface area (Å²) < 4.78 is 1.54. The summed E-state index contributed by atoms with van der Waals surface area (Å²) in [7, 11) is 0. The molecule has 18 heavy (non-hydrogen) atoms. The number of hydrogen-bond acceptors (Lipinski definition) is 5. The Labute approximate surface area is 108 Å². The van der Waals surface area contributed by atoms with Crippen LogP contribution in [0, 0.1) is 11.3 Å². The molecule has 0 aliphatic heterocycles. The molecule has 0 aliphatic carbocycles. The lowest BCUT2D eigenvalue weighted by Crippen LogP contribution is -2.03. The molecule has 0 amide bonds. The van der Waals surface area contributed by atoms with E-state index in [1.54, 1.807) is 16.8 Å². The molecule has 0 spiro atoms. The van der Waals surface area contributed by atoms with Gasteiger partial charge < -0.3 is 5.11 Å². The van der Waals surface area contributed by atoms with E-state index in [-0.39, 0.29) is 5.75 Å². The minimum atomic E-state index is 0.0655. The SMILES string of the molecule is N#CCCCn1nnnc1-c1cc(Cl)ccc1O. The summed E-state index contributed by atoms with van der Waals surface area (Å²) >= 11 is 5.88. The van der Waals surface area contributed by atoms with Gasteiger partial charge in [-0.15, -0.1) is 5.10 Å². The summed E-state index contributed by atoms with van der Waals surface area (Å²) in [5, 5.41) is 30.0. The van der Waals surface area contributed by atoms with E-state index >= 15 is 0 Å². The number of rotatable bonds is 4. The van der Waals surface area contributed by atoms with Crippen LogP contribution in [0.25, 0.3) is 11.4 Å². The number of aromatic nitrogens is 4. The van der Waals surface area contributed by atoms with Crippen LogP contribution in [-0.2, 0) is 6.54 Å². The highest BCUT2D eigenvalue weighted by atomic mass is 35.5. The van der Waals surface area contributed by atoms with E-state index in [0.717, 1.165) is 0 Å². The number of nitriles is 1. The second-order valence-electron chi connectivity index (χ2n) is 3.65. The van der Waals surface area contributed by atoms with Gasteiger partial charge in [0, 0.05) is 18.0 Å². The predicted octanol–water partition coefficient (Wildman–Crippen LogP) is 2.00. The Morgan fingerprint density at radius 1 is 1.44 bits per heavy atom. The molecule has 92 valence electrons. The number of benzene rings is 1. The van der Waals surface area contributed by atoms with Crippen molar-refractivity contribution in [1.82, 2.24) is 20.2 Å². The van der Waals surface area contributed by atoms with E-state index in [2.05, 4.69) is 21.6 Å². The van der Waals surface area contributed by atoms with E-state index in [1.807, 2.05) is 0 Å². The summed E-state index contributed by atoms with van der Waals surface area (Å²) in [6.45, 7) is 0.516. The molecule has 0 saturated carbocycles. The predicted molar refractivity (Wildman–Crippen MR) is 64.8 cm³/mol. The number of aryl methyl sites for hydroxylation is 1. The normalized spacial score (nSPS) is 10.2. The summed E-state index contributed by atoms with van der Waals surface area (Å²) in [6.07, 6.45) is 1.08. The third-order valence-electron chi connectivity index (χ3n) is 2.39. The van der Waals surface area contributed by atoms with Crippen molar-refractivity contribution in [2.75, 3.05) is 0 Å². The Kier molecular flexibility index (Phi) is 3.75. The van der Waals surface area contributed by atoms with E-state index in [9.17, 15) is 5.11 Å². The van der Waals surface area contributed by atoms with Crippen molar-refractivity contribution in [3.05, 3.63) is 23.2 Å². The van der Waals surface area contributed by atoms with Crippen LogP contribution in [0.1, 0.15) is 12.8 Å². The van der Waals surface area contributed by atoms with E-state index in [4.69, 9.17) is 16.9 Å². The molecule has 1 aromatic heterocycles. The van der Waals surface area contributed by atoms with Crippen LogP contribution in [0.4, 0.5) is 0 Å². The number of hydrogen-bond donors (Lipinski definition) is 1. The topological polar surface area (TPSA) is 87.6 Å². The first-order chi connectivity index (χ1) is 8.72. The van der Waals surface area contributed by atoms with Gasteiger partial charge in [0.2, 0.25) is 0 Å². The van der Waals surface area contributed by atoms with Crippen LogP contribution in [0.15, 0.2) is 18.2 Å². The first-order valence-electron chi connectivity index (χ1n) is 5.34. The average Bonchev–Trinajstić information content (AvgIpc) is 2.81. The van der Waals surface area contributed by atoms with Gasteiger partial charge in [0.1, 0.15) is 5.75 Å². The molecule has 2 aromatic rings. The van der Waals surface area contributed by atoms with Gasteiger partial charge in [-0.1, -0.05) is 11.6 Å². The molecule has 1 aromatic carbocycles. The minimum Gasteiger partial charge on any atom is -0.507 e. The molecule has 0 fully saturated rings. The van der Waals surface area contributed by atoms with Crippen LogP contribution in [0.2, 0.25) is 5.02 Å². The number of phenols is 1. The maximum absolute atomic E-state index is 9.78. The third-order valence-corrected chi connectivity index (χ3v) is 2.62. The fourth-order valence-electron chi connectivity index (χ4n) is 1.54. The second-order valence-corrected chi connectivity index (χ2v) is 4.09. The first-order valence-corrected chi connectivity index (χ1v) is 5.72. The fraction of sp³-hybridized carbons (Fsp3) is 0.273. The van der Waals surface area contributed by atoms with Gasteiger partial charge in [-0.3, -0.25) is 0 Å². The van der Waals surface area contributed by atoms with Gasteiger partial charge in [0.05, 0.1) is 11.6 Å². The van der Waals surface area contributed by atoms with Crippen molar-refractivity contribution in [3.63, 3.8) is 0 Å². The fourth-order valence-corrected chi connectivity index (χ4v) is 1.72. The Morgan fingerprint density at radius 2 is 2.28 bits per heavy atom. The first kappa shape index (κ1) is 12.3. The molecular weight excluding hydrogens is 254 g/mol.